The van der Waals surface area contributed by atoms with E-state index in [9.17, 15) is 9.36 Å². The van der Waals surface area contributed by atoms with Crippen molar-refractivity contribution in [3.63, 3.8) is 0 Å². The number of hydrogen-bond acceptors (Lipinski definition) is 9. The Bertz CT molecular complexity index is 1310. The van der Waals surface area contributed by atoms with Crippen LogP contribution in [0, 0.1) is 0 Å². The Hall–Kier alpha value is -3.18. The monoisotopic (exact) mass is 501 g/mol. The number of pyridine rings is 1. The largest absolute Gasteiger partial charge is 0.351 e. The number of amides is 1. The van der Waals surface area contributed by atoms with Crippen LogP contribution in [0.2, 0.25) is 0 Å². The van der Waals surface area contributed by atoms with Crippen molar-refractivity contribution in [1.29, 1.82) is 0 Å². The number of hydrogen-bond donors (Lipinski definition) is 1. The van der Waals surface area contributed by atoms with Crippen molar-refractivity contribution >= 4 is 30.5 Å². The van der Waals surface area contributed by atoms with Crippen molar-refractivity contribution in [3.8, 4) is 22.0 Å². The number of nitrogens with one attached hydrogen (secondary N) is 1. The lowest BCUT2D eigenvalue weighted by atomic mass is 10.2. The van der Waals surface area contributed by atoms with Crippen LogP contribution in [0.4, 0.5) is 5.69 Å². The van der Waals surface area contributed by atoms with Gasteiger partial charge in [0.2, 0.25) is 0 Å². The Kier molecular flexibility index (Phi) is 7.32. The van der Waals surface area contributed by atoms with E-state index in [0.29, 0.717) is 27.6 Å². The Morgan fingerprint density at radius 3 is 2.71 bits per heavy atom. The minimum absolute atomic E-state index is 0.00922. The van der Waals surface area contributed by atoms with Crippen molar-refractivity contribution in [2.24, 2.45) is 7.05 Å². The van der Waals surface area contributed by atoms with E-state index in [1.807, 2.05) is 18.2 Å². The molecule has 0 unspecified atom stereocenters. The summed E-state index contributed by atoms with van der Waals surface area (Å²) in [5, 5.41) is 13.8. The molecule has 0 spiro atoms. The molecule has 0 aliphatic rings. The molecule has 178 valence electrons. The van der Waals surface area contributed by atoms with E-state index < -0.39 is 7.60 Å². The summed E-state index contributed by atoms with van der Waals surface area (Å²) < 4.78 is 26.5. The summed E-state index contributed by atoms with van der Waals surface area (Å²) in [5.41, 5.74) is 2.72. The number of aromatic nitrogens is 6. The summed E-state index contributed by atoms with van der Waals surface area (Å²) in [6.07, 6.45) is 6.68. The predicted molar refractivity (Wildman–Crippen MR) is 129 cm³/mol. The summed E-state index contributed by atoms with van der Waals surface area (Å²) in [6, 6.07) is 5.50. The SMILES string of the molecule is CCOP(=O)(Cn1cc(-c2nc(C(=O)Nc3cn(C)nc3-c3ccccn3)cs2)cn1)OCC. The first-order valence-electron chi connectivity index (χ1n) is 10.5. The maximum Gasteiger partial charge on any atom is 0.351 e. The highest BCUT2D eigenvalue weighted by atomic mass is 32.1. The molecular weight excluding hydrogens is 477 g/mol. The molecule has 0 fully saturated rings. The predicted octanol–water partition coefficient (Wildman–Crippen LogP) is 4.28. The van der Waals surface area contributed by atoms with Crippen LogP contribution in [0.3, 0.4) is 0 Å². The van der Waals surface area contributed by atoms with E-state index in [-0.39, 0.29) is 31.1 Å². The highest BCUT2D eigenvalue weighted by Gasteiger charge is 2.25. The summed E-state index contributed by atoms with van der Waals surface area (Å²) >= 11 is 1.31. The molecule has 4 heterocycles. The number of anilines is 1. The van der Waals surface area contributed by atoms with Gasteiger partial charge in [-0.2, -0.15) is 10.2 Å². The molecule has 0 saturated carbocycles. The van der Waals surface area contributed by atoms with Crippen LogP contribution < -0.4 is 5.32 Å². The van der Waals surface area contributed by atoms with Gasteiger partial charge in [-0.15, -0.1) is 11.3 Å². The Morgan fingerprint density at radius 1 is 1.21 bits per heavy atom. The third-order valence-corrected chi connectivity index (χ3v) is 7.40. The van der Waals surface area contributed by atoms with Crippen LogP contribution in [-0.4, -0.2) is 48.6 Å². The van der Waals surface area contributed by atoms with Gasteiger partial charge in [-0.25, -0.2) is 4.98 Å². The second-order valence-corrected chi connectivity index (χ2v) is 10.0. The number of aryl methyl sites for hydroxylation is 1. The minimum atomic E-state index is -3.29. The zero-order valence-corrected chi connectivity index (χ0v) is 20.6. The normalized spacial score (nSPS) is 11.6. The minimum Gasteiger partial charge on any atom is -0.317 e. The van der Waals surface area contributed by atoms with Crippen LogP contribution in [0.15, 0.2) is 48.4 Å². The van der Waals surface area contributed by atoms with Gasteiger partial charge in [0.1, 0.15) is 22.7 Å². The molecule has 0 radical (unpaired) electrons. The van der Waals surface area contributed by atoms with E-state index in [4.69, 9.17) is 9.05 Å². The van der Waals surface area contributed by atoms with Gasteiger partial charge in [-0.3, -0.25) is 23.7 Å². The first kappa shape index (κ1) is 24.0. The van der Waals surface area contributed by atoms with Gasteiger partial charge in [0.25, 0.3) is 5.91 Å². The summed E-state index contributed by atoms with van der Waals surface area (Å²) in [4.78, 5) is 21.6. The average molecular weight is 502 g/mol. The molecule has 0 saturated heterocycles. The van der Waals surface area contributed by atoms with E-state index in [1.165, 1.54) is 16.0 Å². The molecule has 0 bridgehead atoms. The van der Waals surface area contributed by atoms with Gasteiger partial charge in [-0.05, 0) is 26.0 Å². The molecule has 13 heteroatoms. The van der Waals surface area contributed by atoms with Crippen molar-refractivity contribution in [2.45, 2.75) is 20.1 Å². The second-order valence-electron chi connectivity index (χ2n) is 7.13. The standard InChI is InChI=1S/C21H24N7O4PS/c1-4-31-33(30,32-5-2)14-28-11-15(10-23-28)21-25-18(13-34-21)20(29)24-17-12-27(3)26-19(17)16-8-6-7-9-22-16/h6-13H,4-5,14H2,1-3H3,(H,24,29). The lowest BCUT2D eigenvalue weighted by molar-refractivity contribution is 0.102. The molecule has 0 aliphatic heterocycles. The van der Waals surface area contributed by atoms with Gasteiger partial charge in [-0.1, -0.05) is 6.07 Å². The van der Waals surface area contributed by atoms with Gasteiger partial charge in [0.05, 0.1) is 30.8 Å². The first-order chi connectivity index (χ1) is 16.4. The third kappa shape index (κ3) is 5.48. The fraction of sp³-hybridized carbons (Fsp3) is 0.286. The molecule has 0 aliphatic carbocycles. The number of nitrogens with zero attached hydrogens (tertiary/aromatic N) is 6. The number of carbonyl (C=O) groups excluding carboxylic acids is 1. The summed E-state index contributed by atoms with van der Waals surface area (Å²) in [7, 11) is -1.52. The Balaban J connectivity index is 1.49. The number of rotatable bonds is 10. The molecule has 4 aromatic heterocycles. The molecular formula is C21H24N7O4PS. The quantitative estimate of drug-likeness (QED) is 0.319. The summed E-state index contributed by atoms with van der Waals surface area (Å²) in [6.45, 7) is 4.06. The molecule has 0 aromatic carbocycles. The Morgan fingerprint density at radius 2 is 2.00 bits per heavy atom. The van der Waals surface area contributed by atoms with Crippen LogP contribution in [0.25, 0.3) is 22.0 Å². The van der Waals surface area contributed by atoms with Crippen molar-refractivity contribution in [3.05, 3.63) is 54.1 Å². The second kappa shape index (κ2) is 10.4. The third-order valence-electron chi connectivity index (χ3n) is 4.57. The highest BCUT2D eigenvalue weighted by molar-refractivity contribution is 7.52. The first-order valence-corrected chi connectivity index (χ1v) is 13.1. The molecule has 4 rings (SSSR count). The molecule has 34 heavy (non-hydrogen) atoms. The average Bonchev–Trinajstić information content (AvgIpc) is 3.54. The fourth-order valence-corrected chi connectivity index (χ4v) is 5.52. The fourth-order valence-electron chi connectivity index (χ4n) is 3.21. The Labute approximate surface area is 200 Å². The van der Waals surface area contributed by atoms with Crippen molar-refractivity contribution in [2.75, 3.05) is 18.5 Å². The van der Waals surface area contributed by atoms with Gasteiger partial charge < -0.3 is 14.4 Å². The zero-order chi connectivity index (χ0) is 24.1. The lowest BCUT2D eigenvalue weighted by Crippen LogP contribution is -2.12. The smallest absolute Gasteiger partial charge is 0.317 e. The number of thiazole rings is 1. The van der Waals surface area contributed by atoms with Gasteiger partial charge in [0, 0.05) is 36.6 Å². The van der Waals surface area contributed by atoms with Crippen molar-refractivity contribution in [1.82, 2.24) is 29.5 Å². The lowest BCUT2D eigenvalue weighted by Gasteiger charge is -2.16. The molecule has 1 N–H and O–H groups in total. The van der Waals surface area contributed by atoms with Gasteiger partial charge in [0.15, 0.2) is 0 Å². The highest BCUT2D eigenvalue weighted by Crippen LogP contribution is 2.49. The van der Waals surface area contributed by atoms with E-state index in [1.54, 1.807) is 55.7 Å². The molecule has 4 aromatic rings. The number of carbonyl (C=O) groups is 1. The van der Waals surface area contributed by atoms with Crippen LogP contribution >= 0.6 is 18.9 Å². The maximum atomic E-state index is 12.9. The van der Waals surface area contributed by atoms with Crippen LogP contribution in [0.1, 0.15) is 24.3 Å². The van der Waals surface area contributed by atoms with Crippen LogP contribution in [-0.2, 0) is 26.9 Å². The zero-order valence-electron chi connectivity index (χ0n) is 18.9. The molecule has 11 nitrogen and oxygen atoms in total. The van der Waals surface area contributed by atoms with Crippen LogP contribution in [0.5, 0.6) is 0 Å². The molecule has 1 amide bonds. The van der Waals surface area contributed by atoms with E-state index in [0.717, 1.165) is 0 Å². The van der Waals surface area contributed by atoms with Gasteiger partial charge >= 0.3 is 7.60 Å². The topological polar surface area (TPSA) is 126 Å². The van der Waals surface area contributed by atoms with Crippen molar-refractivity contribution < 1.29 is 18.4 Å². The summed E-state index contributed by atoms with van der Waals surface area (Å²) in [5.74, 6) is -0.364. The maximum absolute atomic E-state index is 12.9. The molecule has 0 atom stereocenters. The van der Waals surface area contributed by atoms with E-state index >= 15 is 0 Å². The van der Waals surface area contributed by atoms with E-state index in [2.05, 4.69) is 25.5 Å².